The first kappa shape index (κ1) is 9.23. The number of aromatic nitrogens is 4. The Morgan fingerprint density at radius 1 is 1.00 bits per heavy atom. The van der Waals surface area contributed by atoms with E-state index in [9.17, 15) is 0 Å². The standard InChI is InChI=1S/C11H8N4S/c1-2-5-9(6-3-1)15-11(12-13-14-15)10-7-4-8-16-10/h1-8H. The molecular weight excluding hydrogens is 220 g/mol. The number of hydrogen-bond donors (Lipinski definition) is 0. The van der Waals surface area contributed by atoms with Crippen molar-refractivity contribution in [1.29, 1.82) is 0 Å². The Labute approximate surface area is 96.2 Å². The van der Waals surface area contributed by atoms with Crippen molar-refractivity contribution in [3.05, 3.63) is 47.8 Å². The van der Waals surface area contributed by atoms with Gasteiger partial charge in [0, 0.05) is 0 Å². The number of rotatable bonds is 2. The van der Waals surface area contributed by atoms with Gasteiger partial charge < -0.3 is 0 Å². The quantitative estimate of drug-likeness (QED) is 0.676. The highest BCUT2D eigenvalue weighted by molar-refractivity contribution is 7.13. The van der Waals surface area contributed by atoms with Crippen molar-refractivity contribution in [2.24, 2.45) is 0 Å². The molecule has 0 fully saturated rings. The van der Waals surface area contributed by atoms with Crippen LogP contribution in [0.3, 0.4) is 0 Å². The third-order valence-corrected chi connectivity index (χ3v) is 3.08. The summed E-state index contributed by atoms with van der Waals surface area (Å²) in [7, 11) is 0. The molecule has 5 heteroatoms. The molecule has 0 unspecified atom stereocenters. The summed E-state index contributed by atoms with van der Waals surface area (Å²) in [5, 5.41) is 13.8. The van der Waals surface area contributed by atoms with Gasteiger partial charge in [-0.2, -0.15) is 4.68 Å². The van der Waals surface area contributed by atoms with Gasteiger partial charge in [-0.3, -0.25) is 0 Å². The van der Waals surface area contributed by atoms with E-state index in [0.29, 0.717) is 0 Å². The van der Waals surface area contributed by atoms with Gasteiger partial charge in [0.1, 0.15) is 0 Å². The van der Waals surface area contributed by atoms with Gasteiger partial charge in [0.25, 0.3) is 0 Å². The molecule has 0 N–H and O–H groups in total. The first-order chi connectivity index (χ1) is 7.95. The Hall–Kier alpha value is -2.01. The molecule has 0 spiro atoms. The van der Waals surface area contributed by atoms with Crippen molar-refractivity contribution in [3.63, 3.8) is 0 Å². The van der Waals surface area contributed by atoms with Crippen LogP contribution >= 0.6 is 11.3 Å². The summed E-state index contributed by atoms with van der Waals surface area (Å²) in [5.41, 5.74) is 0.968. The SMILES string of the molecule is c1ccc(-n2nnnc2-c2cccs2)cc1. The highest BCUT2D eigenvalue weighted by Crippen LogP contribution is 2.23. The van der Waals surface area contributed by atoms with Crippen LogP contribution in [0.5, 0.6) is 0 Å². The smallest absolute Gasteiger partial charge is 0.192 e. The fourth-order valence-corrected chi connectivity index (χ4v) is 2.18. The van der Waals surface area contributed by atoms with Gasteiger partial charge in [-0.25, -0.2) is 0 Å². The van der Waals surface area contributed by atoms with Crippen molar-refractivity contribution in [2.75, 3.05) is 0 Å². The Balaban J connectivity index is 2.14. The number of hydrogen-bond acceptors (Lipinski definition) is 4. The zero-order chi connectivity index (χ0) is 10.8. The third kappa shape index (κ3) is 1.51. The number of nitrogens with zero attached hydrogens (tertiary/aromatic N) is 4. The molecule has 1 aromatic carbocycles. The van der Waals surface area contributed by atoms with Crippen LogP contribution in [-0.4, -0.2) is 20.2 Å². The molecule has 0 aliphatic carbocycles. The number of para-hydroxylation sites is 1. The average molecular weight is 228 g/mol. The van der Waals surface area contributed by atoms with Crippen LogP contribution in [0.15, 0.2) is 47.8 Å². The lowest BCUT2D eigenvalue weighted by Gasteiger charge is -2.01. The predicted molar refractivity (Wildman–Crippen MR) is 62.5 cm³/mol. The molecule has 2 aromatic heterocycles. The van der Waals surface area contributed by atoms with Crippen molar-refractivity contribution in [3.8, 4) is 16.4 Å². The van der Waals surface area contributed by atoms with E-state index in [1.165, 1.54) is 0 Å². The molecule has 3 aromatic rings. The van der Waals surface area contributed by atoms with Crippen molar-refractivity contribution < 1.29 is 0 Å². The van der Waals surface area contributed by atoms with Gasteiger partial charge in [-0.15, -0.1) is 16.4 Å². The molecule has 0 saturated carbocycles. The van der Waals surface area contributed by atoms with Gasteiger partial charge in [-0.1, -0.05) is 24.3 Å². The lowest BCUT2D eigenvalue weighted by molar-refractivity contribution is 0.791. The van der Waals surface area contributed by atoms with E-state index in [0.717, 1.165) is 16.4 Å². The fraction of sp³-hybridized carbons (Fsp3) is 0. The van der Waals surface area contributed by atoms with E-state index in [1.807, 2.05) is 47.8 Å². The first-order valence-electron chi connectivity index (χ1n) is 4.83. The van der Waals surface area contributed by atoms with Gasteiger partial charge in [0.2, 0.25) is 0 Å². The minimum atomic E-state index is 0.779. The molecule has 0 aliphatic rings. The summed E-state index contributed by atoms with van der Waals surface area (Å²) in [6.45, 7) is 0. The highest BCUT2D eigenvalue weighted by atomic mass is 32.1. The maximum Gasteiger partial charge on any atom is 0.197 e. The first-order valence-corrected chi connectivity index (χ1v) is 5.71. The van der Waals surface area contributed by atoms with Crippen LogP contribution in [0.4, 0.5) is 0 Å². The van der Waals surface area contributed by atoms with Crippen molar-refractivity contribution in [2.45, 2.75) is 0 Å². The van der Waals surface area contributed by atoms with Crippen LogP contribution in [-0.2, 0) is 0 Å². The maximum absolute atomic E-state index is 4.05. The van der Waals surface area contributed by atoms with Crippen LogP contribution in [0.2, 0.25) is 0 Å². The molecule has 2 heterocycles. The van der Waals surface area contributed by atoms with Crippen molar-refractivity contribution >= 4 is 11.3 Å². The Morgan fingerprint density at radius 3 is 2.62 bits per heavy atom. The Kier molecular flexibility index (Phi) is 2.23. The maximum atomic E-state index is 4.05. The van der Waals surface area contributed by atoms with Crippen LogP contribution < -0.4 is 0 Å². The summed E-state index contributed by atoms with van der Waals surface area (Å²) in [6, 6.07) is 13.9. The zero-order valence-electron chi connectivity index (χ0n) is 8.32. The molecule has 0 aliphatic heterocycles. The van der Waals surface area contributed by atoms with Gasteiger partial charge in [0.05, 0.1) is 10.6 Å². The predicted octanol–water partition coefficient (Wildman–Crippen LogP) is 2.39. The summed E-state index contributed by atoms with van der Waals surface area (Å²) in [6.07, 6.45) is 0. The monoisotopic (exact) mass is 228 g/mol. The van der Waals surface area contributed by atoms with E-state index in [4.69, 9.17) is 0 Å². The van der Waals surface area contributed by atoms with E-state index in [-0.39, 0.29) is 0 Å². The zero-order valence-corrected chi connectivity index (χ0v) is 9.13. The van der Waals surface area contributed by atoms with E-state index in [2.05, 4.69) is 15.5 Å². The lowest BCUT2D eigenvalue weighted by Crippen LogP contribution is -1.98. The molecule has 78 valence electrons. The minimum Gasteiger partial charge on any atom is -0.192 e. The second-order valence-corrected chi connectivity index (χ2v) is 4.17. The van der Waals surface area contributed by atoms with Gasteiger partial charge in [-0.05, 0) is 34.0 Å². The fourth-order valence-electron chi connectivity index (χ4n) is 1.49. The molecule has 0 bridgehead atoms. The Bertz CT molecular complexity index is 571. The van der Waals surface area contributed by atoms with Crippen molar-refractivity contribution in [1.82, 2.24) is 20.2 Å². The topological polar surface area (TPSA) is 43.6 Å². The molecule has 0 radical (unpaired) electrons. The van der Waals surface area contributed by atoms with E-state index >= 15 is 0 Å². The van der Waals surface area contributed by atoms with E-state index in [1.54, 1.807) is 16.0 Å². The van der Waals surface area contributed by atoms with Crippen LogP contribution in [0, 0.1) is 0 Å². The molecule has 16 heavy (non-hydrogen) atoms. The summed E-state index contributed by atoms with van der Waals surface area (Å²) in [5.74, 6) is 0.779. The van der Waals surface area contributed by atoms with Crippen LogP contribution in [0.25, 0.3) is 16.4 Å². The molecule has 0 saturated heterocycles. The largest absolute Gasteiger partial charge is 0.197 e. The van der Waals surface area contributed by atoms with E-state index < -0.39 is 0 Å². The number of tetrazole rings is 1. The van der Waals surface area contributed by atoms with Crippen LogP contribution in [0.1, 0.15) is 0 Å². The number of benzene rings is 1. The second-order valence-electron chi connectivity index (χ2n) is 3.23. The third-order valence-electron chi connectivity index (χ3n) is 2.21. The highest BCUT2D eigenvalue weighted by Gasteiger charge is 2.10. The summed E-state index contributed by atoms with van der Waals surface area (Å²) in [4.78, 5) is 1.06. The molecule has 4 nitrogen and oxygen atoms in total. The molecule has 0 amide bonds. The number of thiophene rings is 1. The van der Waals surface area contributed by atoms with Gasteiger partial charge in [0.15, 0.2) is 5.82 Å². The molecule has 3 rings (SSSR count). The second kappa shape index (κ2) is 3.86. The normalized spacial score (nSPS) is 10.5. The van der Waals surface area contributed by atoms with Gasteiger partial charge >= 0.3 is 0 Å². The molecular formula is C11H8N4S. The summed E-state index contributed by atoms with van der Waals surface area (Å²) < 4.78 is 1.74. The average Bonchev–Trinajstić information content (AvgIpc) is 3.01. The minimum absolute atomic E-state index is 0.779. The Morgan fingerprint density at radius 2 is 1.88 bits per heavy atom. The lowest BCUT2D eigenvalue weighted by atomic mass is 10.3. The molecule has 0 atom stereocenters. The summed E-state index contributed by atoms with van der Waals surface area (Å²) >= 11 is 1.63.